The standard InChI is InChI=1S/C24H33N3O2S/c28-22(19-5-2-1-3-6-19)26-10-8-24(9-11-26)17-21(24)23(29)27-14-12-25(13-15-27)18-20-7-4-16-30-20/h4-5,7,16,21H,1-3,6,8-15,17-18H2/t21-/m0/s1. The minimum atomic E-state index is 0.183. The van der Waals surface area contributed by atoms with Crippen LogP contribution in [0.15, 0.2) is 29.2 Å². The lowest BCUT2D eigenvalue weighted by Gasteiger charge is -2.36. The topological polar surface area (TPSA) is 43.9 Å². The highest BCUT2D eigenvalue weighted by atomic mass is 32.1. The van der Waals surface area contributed by atoms with Gasteiger partial charge >= 0.3 is 0 Å². The number of likely N-dealkylation sites (tertiary alicyclic amines) is 1. The van der Waals surface area contributed by atoms with Crippen LogP contribution < -0.4 is 0 Å². The summed E-state index contributed by atoms with van der Waals surface area (Å²) < 4.78 is 0. The molecule has 1 atom stereocenters. The van der Waals surface area contributed by atoms with Crippen molar-refractivity contribution in [3.05, 3.63) is 34.0 Å². The molecule has 2 saturated heterocycles. The second-order valence-corrected chi connectivity index (χ2v) is 10.6. The van der Waals surface area contributed by atoms with Crippen molar-refractivity contribution in [3.63, 3.8) is 0 Å². The lowest BCUT2D eigenvalue weighted by molar-refractivity contribution is -0.135. The molecule has 1 saturated carbocycles. The second-order valence-electron chi connectivity index (χ2n) is 9.57. The third-order valence-electron chi connectivity index (χ3n) is 7.74. The molecule has 5 nitrogen and oxygen atoms in total. The van der Waals surface area contributed by atoms with Crippen molar-refractivity contribution in [2.24, 2.45) is 11.3 Å². The molecule has 3 fully saturated rings. The zero-order chi connectivity index (χ0) is 20.6. The highest BCUT2D eigenvalue weighted by Gasteiger charge is 2.59. The minimum absolute atomic E-state index is 0.183. The van der Waals surface area contributed by atoms with Gasteiger partial charge in [-0.25, -0.2) is 0 Å². The van der Waals surface area contributed by atoms with Crippen molar-refractivity contribution >= 4 is 23.2 Å². The number of amides is 2. The Bertz CT molecular complexity index is 802. The van der Waals surface area contributed by atoms with Gasteiger partial charge < -0.3 is 9.80 Å². The molecule has 0 unspecified atom stereocenters. The Kier molecular flexibility index (Phi) is 5.71. The highest BCUT2D eigenvalue weighted by molar-refractivity contribution is 7.09. The summed E-state index contributed by atoms with van der Waals surface area (Å²) in [4.78, 5) is 33.9. The molecular weight excluding hydrogens is 394 g/mol. The third-order valence-corrected chi connectivity index (χ3v) is 8.60. The summed E-state index contributed by atoms with van der Waals surface area (Å²) in [6.07, 6.45) is 9.54. The summed E-state index contributed by atoms with van der Waals surface area (Å²) in [5.41, 5.74) is 1.21. The summed E-state index contributed by atoms with van der Waals surface area (Å²) in [6.45, 7) is 6.32. The number of carbonyl (C=O) groups excluding carboxylic acids is 2. The van der Waals surface area contributed by atoms with Gasteiger partial charge in [0.2, 0.25) is 11.8 Å². The van der Waals surface area contributed by atoms with Gasteiger partial charge in [0.15, 0.2) is 0 Å². The Hall–Kier alpha value is -1.66. The van der Waals surface area contributed by atoms with Crippen molar-refractivity contribution in [3.8, 4) is 0 Å². The van der Waals surface area contributed by atoms with Crippen LogP contribution in [0.3, 0.4) is 0 Å². The van der Waals surface area contributed by atoms with E-state index in [0.717, 1.165) is 89.9 Å². The molecule has 0 bridgehead atoms. The summed E-state index contributed by atoms with van der Waals surface area (Å²) in [7, 11) is 0. The minimum Gasteiger partial charge on any atom is -0.340 e. The molecule has 6 heteroatoms. The zero-order valence-electron chi connectivity index (χ0n) is 17.9. The Morgan fingerprint density at radius 2 is 1.83 bits per heavy atom. The van der Waals surface area contributed by atoms with Crippen LogP contribution in [0.1, 0.15) is 49.8 Å². The molecule has 30 heavy (non-hydrogen) atoms. The van der Waals surface area contributed by atoms with Crippen molar-refractivity contribution in [1.82, 2.24) is 14.7 Å². The van der Waals surface area contributed by atoms with Gasteiger partial charge in [0, 0.05) is 62.2 Å². The van der Waals surface area contributed by atoms with E-state index in [1.54, 1.807) is 0 Å². The van der Waals surface area contributed by atoms with Crippen LogP contribution in [0.5, 0.6) is 0 Å². The predicted molar refractivity (Wildman–Crippen MR) is 119 cm³/mol. The molecule has 0 N–H and O–H groups in total. The first-order valence-corrected chi connectivity index (χ1v) is 12.5. The maximum absolute atomic E-state index is 13.1. The molecule has 1 aromatic heterocycles. The van der Waals surface area contributed by atoms with Crippen molar-refractivity contribution in [2.75, 3.05) is 39.3 Å². The van der Waals surface area contributed by atoms with Gasteiger partial charge in [-0.2, -0.15) is 0 Å². The molecular formula is C24H33N3O2S. The van der Waals surface area contributed by atoms with E-state index >= 15 is 0 Å². The summed E-state index contributed by atoms with van der Waals surface area (Å²) in [5, 5.41) is 2.13. The van der Waals surface area contributed by atoms with E-state index in [4.69, 9.17) is 0 Å². The molecule has 2 aliphatic carbocycles. The van der Waals surface area contributed by atoms with Crippen LogP contribution in [0.4, 0.5) is 0 Å². The Morgan fingerprint density at radius 3 is 2.50 bits per heavy atom. The molecule has 3 heterocycles. The SMILES string of the molecule is O=C(C1=CCCCC1)N1CCC2(CC1)C[C@H]2C(=O)N1CCN(Cc2cccs2)CC1. The van der Waals surface area contributed by atoms with Crippen molar-refractivity contribution in [2.45, 2.75) is 51.5 Å². The van der Waals surface area contributed by atoms with E-state index in [1.165, 1.54) is 11.3 Å². The monoisotopic (exact) mass is 427 g/mol. The van der Waals surface area contributed by atoms with E-state index < -0.39 is 0 Å². The summed E-state index contributed by atoms with van der Waals surface area (Å²) in [6, 6.07) is 4.30. The molecule has 0 aromatic carbocycles. The largest absolute Gasteiger partial charge is 0.340 e. The summed E-state index contributed by atoms with van der Waals surface area (Å²) in [5.74, 6) is 0.836. The Morgan fingerprint density at radius 1 is 1.03 bits per heavy atom. The van der Waals surface area contributed by atoms with Crippen LogP contribution in [-0.4, -0.2) is 65.8 Å². The highest BCUT2D eigenvalue weighted by Crippen LogP contribution is 2.60. The van der Waals surface area contributed by atoms with E-state index in [-0.39, 0.29) is 17.2 Å². The number of thiophene rings is 1. The lowest BCUT2D eigenvalue weighted by atomic mass is 9.89. The maximum atomic E-state index is 13.1. The number of allylic oxidation sites excluding steroid dienone is 1. The quantitative estimate of drug-likeness (QED) is 0.738. The molecule has 162 valence electrons. The van der Waals surface area contributed by atoms with Crippen LogP contribution in [0.2, 0.25) is 0 Å². The van der Waals surface area contributed by atoms with Crippen molar-refractivity contribution < 1.29 is 9.59 Å². The fraction of sp³-hybridized carbons (Fsp3) is 0.667. The predicted octanol–water partition coefficient (Wildman–Crippen LogP) is 3.52. The van der Waals surface area contributed by atoms with Crippen molar-refractivity contribution in [1.29, 1.82) is 0 Å². The second kappa shape index (κ2) is 8.46. The molecule has 2 aliphatic heterocycles. The fourth-order valence-corrected chi connectivity index (χ4v) is 6.36. The van der Waals surface area contributed by atoms with Crippen LogP contribution in [-0.2, 0) is 16.1 Å². The van der Waals surface area contributed by atoms with Crippen LogP contribution in [0.25, 0.3) is 0 Å². The normalized spacial score (nSPS) is 26.5. The average molecular weight is 428 g/mol. The lowest BCUT2D eigenvalue weighted by Crippen LogP contribution is -2.49. The van der Waals surface area contributed by atoms with Crippen LogP contribution in [0, 0.1) is 11.3 Å². The number of hydrogen-bond donors (Lipinski definition) is 0. The van der Waals surface area contributed by atoms with Gasteiger partial charge in [0.05, 0.1) is 0 Å². The fourth-order valence-electron chi connectivity index (χ4n) is 5.61. The summed E-state index contributed by atoms with van der Waals surface area (Å²) >= 11 is 1.81. The Balaban J connectivity index is 1.09. The van der Waals surface area contributed by atoms with Gasteiger partial charge in [0.25, 0.3) is 0 Å². The molecule has 0 radical (unpaired) electrons. The first-order chi connectivity index (χ1) is 14.6. The van der Waals surface area contributed by atoms with Gasteiger partial charge in [-0.3, -0.25) is 14.5 Å². The number of hydrogen-bond acceptors (Lipinski definition) is 4. The van der Waals surface area contributed by atoms with E-state index in [2.05, 4.69) is 33.4 Å². The number of piperidine rings is 1. The van der Waals surface area contributed by atoms with E-state index in [1.807, 2.05) is 16.2 Å². The van der Waals surface area contributed by atoms with E-state index in [0.29, 0.717) is 5.91 Å². The number of nitrogens with zero attached hydrogens (tertiary/aromatic N) is 3. The average Bonchev–Trinajstić information content (AvgIpc) is 3.23. The Labute approximate surface area is 183 Å². The molecule has 1 aromatic rings. The molecule has 5 rings (SSSR count). The maximum Gasteiger partial charge on any atom is 0.249 e. The number of piperazine rings is 1. The number of carbonyl (C=O) groups is 2. The van der Waals surface area contributed by atoms with E-state index in [9.17, 15) is 9.59 Å². The zero-order valence-corrected chi connectivity index (χ0v) is 18.7. The van der Waals surface area contributed by atoms with Gasteiger partial charge in [-0.05, 0) is 61.8 Å². The van der Waals surface area contributed by atoms with Gasteiger partial charge in [-0.1, -0.05) is 12.1 Å². The first kappa shape index (κ1) is 20.3. The molecule has 4 aliphatic rings. The number of rotatable bonds is 4. The molecule has 2 amide bonds. The molecule has 1 spiro atoms. The smallest absolute Gasteiger partial charge is 0.249 e. The van der Waals surface area contributed by atoms with Gasteiger partial charge in [0.1, 0.15) is 0 Å². The van der Waals surface area contributed by atoms with Gasteiger partial charge in [-0.15, -0.1) is 11.3 Å². The third kappa shape index (κ3) is 4.09. The van der Waals surface area contributed by atoms with Crippen LogP contribution >= 0.6 is 11.3 Å². The first-order valence-electron chi connectivity index (χ1n) is 11.7.